The van der Waals surface area contributed by atoms with Crippen molar-refractivity contribution in [2.45, 2.75) is 12.1 Å². The summed E-state index contributed by atoms with van der Waals surface area (Å²) in [5.74, 6) is 1.13. The van der Waals surface area contributed by atoms with E-state index in [2.05, 4.69) is 106 Å². The molecule has 40 heavy (non-hydrogen) atoms. The van der Waals surface area contributed by atoms with Gasteiger partial charge in [0.1, 0.15) is 0 Å². The molecule has 3 aliphatic rings. The van der Waals surface area contributed by atoms with Crippen LogP contribution in [-0.2, 0) is 28.1 Å². The maximum atomic E-state index is 5.99. The number of furan rings is 1. The molecule has 5 aromatic rings. The molecule has 0 spiro atoms. The largest absolute Gasteiger partial charge is 0.673 e. The summed E-state index contributed by atoms with van der Waals surface area (Å²) >= 11 is 0. The van der Waals surface area contributed by atoms with Crippen LogP contribution in [0.4, 0.5) is 28.6 Å². The number of hydrogen-bond acceptors (Lipinski definition) is 5. The zero-order valence-corrected chi connectivity index (χ0v) is 24.2. The maximum Gasteiger partial charge on any atom is 0.0812 e. The molecule has 2 aliphatic heterocycles. The third-order valence-corrected chi connectivity index (χ3v) is 7.76. The van der Waals surface area contributed by atoms with Gasteiger partial charge in [0.2, 0.25) is 0 Å². The molecule has 3 aromatic heterocycles. The van der Waals surface area contributed by atoms with Gasteiger partial charge in [-0.3, -0.25) is 4.98 Å². The first-order chi connectivity index (χ1) is 19.2. The zero-order valence-electron chi connectivity index (χ0n) is 21.9. The Kier molecular flexibility index (Phi) is 5.86. The number of fused-ring (bicyclic) bond motifs is 4. The van der Waals surface area contributed by atoms with Crippen LogP contribution in [0.2, 0.25) is 0 Å². The molecule has 2 atom stereocenters. The number of pyridine rings is 1. The van der Waals surface area contributed by atoms with Crippen LogP contribution in [0.25, 0.3) is 38.7 Å². The van der Waals surface area contributed by atoms with Crippen LogP contribution < -0.4 is 15.1 Å². The van der Waals surface area contributed by atoms with E-state index in [1.54, 1.807) is 12.5 Å². The summed E-state index contributed by atoms with van der Waals surface area (Å²) < 4.78 is 8.14. The average molecular weight is 705 g/mol. The van der Waals surface area contributed by atoms with Gasteiger partial charge in [-0.05, 0) is 41.0 Å². The van der Waals surface area contributed by atoms with Gasteiger partial charge in [0.15, 0.2) is 0 Å². The van der Waals surface area contributed by atoms with Crippen LogP contribution in [-0.4, -0.2) is 35.4 Å². The molecular weight excluding hydrogens is 679 g/mol. The third kappa shape index (κ3) is 3.72. The normalized spacial score (nSPS) is 18.6. The first-order valence-electron chi connectivity index (χ1n) is 13.1. The van der Waals surface area contributed by atoms with Crippen LogP contribution in [0.3, 0.4) is 0 Å². The van der Waals surface area contributed by atoms with Crippen LogP contribution in [0.1, 0.15) is 0 Å². The van der Waals surface area contributed by atoms with Gasteiger partial charge in [-0.1, -0.05) is 54.1 Å². The fourth-order valence-electron chi connectivity index (χ4n) is 5.99. The molecule has 0 saturated heterocycles. The fraction of sp³-hybridized carbons (Fsp3) is 0.156. The Morgan fingerprint density at radius 3 is 2.83 bits per heavy atom. The van der Waals surface area contributed by atoms with E-state index in [0.29, 0.717) is 6.67 Å². The summed E-state index contributed by atoms with van der Waals surface area (Å²) in [4.78, 5) is 9.06. The van der Waals surface area contributed by atoms with Gasteiger partial charge in [0, 0.05) is 58.9 Å². The van der Waals surface area contributed by atoms with Crippen molar-refractivity contribution in [3.63, 3.8) is 0 Å². The van der Waals surface area contributed by atoms with E-state index < -0.39 is 0 Å². The Morgan fingerprint density at radius 2 is 1.95 bits per heavy atom. The number of aryl methyl sites for hydroxylation is 1. The minimum atomic E-state index is 0. The SMILES string of the molecule is CN1C[N-]c2c(-c3[c-]c(N4c5[c-]c6c(-c7ccccn7)coc6cc5NC5C=CC=CC54)ccc3)cn(C)c21.[Pt]. The Bertz CT molecular complexity index is 1800. The second-order valence-electron chi connectivity index (χ2n) is 10.2. The topological polar surface area (TPSA) is 63.6 Å². The summed E-state index contributed by atoms with van der Waals surface area (Å²) in [6, 6.07) is 21.9. The molecule has 1 N–H and O–H groups in total. The quantitative estimate of drug-likeness (QED) is 0.207. The van der Waals surface area contributed by atoms with Gasteiger partial charge in [-0.25, -0.2) is 0 Å². The Balaban J connectivity index is 0.00000264. The fourth-order valence-corrected chi connectivity index (χ4v) is 5.99. The molecule has 1 aliphatic carbocycles. The Hall–Kier alpha value is -4.22. The van der Waals surface area contributed by atoms with Crippen molar-refractivity contribution in [3.8, 4) is 22.4 Å². The molecular formula is C32H25N6OPt-3. The average Bonchev–Trinajstić information content (AvgIpc) is 3.66. The molecule has 0 amide bonds. The van der Waals surface area contributed by atoms with E-state index in [0.717, 1.165) is 61.9 Å². The van der Waals surface area contributed by atoms with Gasteiger partial charge in [0.25, 0.3) is 0 Å². The molecule has 0 radical (unpaired) electrons. The van der Waals surface area contributed by atoms with E-state index in [-0.39, 0.29) is 33.1 Å². The summed E-state index contributed by atoms with van der Waals surface area (Å²) in [6.07, 6.45) is 14.4. The van der Waals surface area contributed by atoms with Crippen molar-refractivity contribution in [2.75, 3.05) is 28.8 Å². The third-order valence-electron chi connectivity index (χ3n) is 7.76. The predicted molar refractivity (Wildman–Crippen MR) is 156 cm³/mol. The number of nitrogens with zero attached hydrogens (tertiary/aromatic N) is 5. The molecule has 8 rings (SSSR count). The van der Waals surface area contributed by atoms with Crippen molar-refractivity contribution in [1.29, 1.82) is 0 Å². The summed E-state index contributed by atoms with van der Waals surface area (Å²) in [5, 5.41) is 9.42. The van der Waals surface area contributed by atoms with Crippen molar-refractivity contribution in [3.05, 3.63) is 103 Å². The predicted octanol–water partition coefficient (Wildman–Crippen LogP) is 6.94. The van der Waals surface area contributed by atoms with Gasteiger partial charge >= 0.3 is 0 Å². The summed E-state index contributed by atoms with van der Waals surface area (Å²) in [7, 11) is 4.15. The van der Waals surface area contributed by atoms with Gasteiger partial charge in [0.05, 0.1) is 17.9 Å². The number of anilines is 4. The van der Waals surface area contributed by atoms with Crippen LogP contribution >= 0.6 is 0 Å². The standard InChI is InChI=1S/C32H25N6O.Pt/c1-36-17-23(31-32(36)37(2)19-34-31)20-8-7-9-21(14-20)38-28-12-4-3-11-26(28)35-27-16-30-22(15-29(27)38)24(18-39-30)25-10-5-6-13-33-25;/h3-13,16-18,26,28,35H,19H2,1-2H3;/q-3;. The molecule has 0 bridgehead atoms. The second-order valence-corrected chi connectivity index (χ2v) is 10.2. The van der Waals surface area contributed by atoms with Crippen LogP contribution in [0.15, 0.2) is 89.8 Å². The van der Waals surface area contributed by atoms with E-state index in [1.807, 2.05) is 18.2 Å². The number of nitrogens with one attached hydrogen (secondary N) is 1. The molecule has 8 heteroatoms. The van der Waals surface area contributed by atoms with Crippen molar-refractivity contribution < 1.29 is 25.5 Å². The Morgan fingerprint density at radius 1 is 1.05 bits per heavy atom. The number of hydrogen-bond donors (Lipinski definition) is 1. The van der Waals surface area contributed by atoms with E-state index in [1.165, 1.54) is 0 Å². The smallest absolute Gasteiger partial charge is 0.0812 e. The summed E-state index contributed by atoms with van der Waals surface area (Å²) in [5.41, 5.74) is 8.62. The van der Waals surface area contributed by atoms with Crippen LogP contribution in [0, 0.1) is 12.1 Å². The summed E-state index contributed by atoms with van der Waals surface area (Å²) in [6.45, 7) is 0.673. The first kappa shape index (κ1) is 24.8. The second kappa shape index (κ2) is 9.46. The molecule has 7 nitrogen and oxygen atoms in total. The zero-order chi connectivity index (χ0) is 26.1. The molecule has 2 aromatic carbocycles. The molecule has 2 unspecified atom stereocenters. The Labute approximate surface area is 247 Å². The monoisotopic (exact) mass is 704 g/mol. The van der Waals surface area contributed by atoms with E-state index in [9.17, 15) is 0 Å². The maximum absolute atomic E-state index is 5.99. The van der Waals surface area contributed by atoms with Crippen molar-refractivity contribution in [1.82, 2.24) is 9.55 Å². The van der Waals surface area contributed by atoms with Crippen molar-refractivity contribution >= 4 is 39.5 Å². The first-order valence-corrected chi connectivity index (χ1v) is 13.1. The van der Waals surface area contributed by atoms with Crippen LogP contribution in [0.5, 0.6) is 0 Å². The molecule has 0 saturated carbocycles. The van der Waals surface area contributed by atoms with E-state index >= 15 is 0 Å². The van der Waals surface area contributed by atoms with Gasteiger partial charge in [-0.15, -0.1) is 41.6 Å². The molecule has 0 fully saturated rings. The number of aromatic nitrogens is 2. The number of rotatable bonds is 3. The minimum Gasteiger partial charge on any atom is -0.673 e. The van der Waals surface area contributed by atoms with Gasteiger partial charge < -0.3 is 29.4 Å². The molecule has 202 valence electrons. The van der Waals surface area contributed by atoms with Crippen molar-refractivity contribution in [2.24, 2.45) is 7.05 Å². The van der Waals surface area contributed by atoms with Gasteiger partial charge in [-0.2, -0.15) is 0 Å². The van der Waals surface area contributed by atoms with E-state index in [4.69, 9.17) is 9.73 Å². The minimum absolute atomic E-state index is 0. The molecule has 5 heterocycles. The number of benzene rings is 2. The number of allylic oxidation sites excluding steroid dienone is 2.